The minimum atomic E-state index is -0.314. The Hall–Kier alpha value is -1.33. The molecule has 1 rings (SSSR count). The molecule has 0 aliphatic heterocycles. The van der Waals surface area contributed by atoms with Crippen molar-refractivity contribution in [1.29, 1.82) is 0 Å². The minimum absolute atomic E-state index is 0.314. The number of anilines is 2. The van der Waals surface area contributed by atoms with Crippen LogP contribution in [0.5, 0.6) is 0 Å². The minimum Gasteiger partial charge on any atom is -0.399 e. The number of nitrogen functional groups attached to an aromatic ring is 1. The summed E-state index contributed by atoms with van der Waals surface area (Å²) in [6.07, 6.45) is 1.87. The molecule has 1 aromatic rings. The Kier molecular flexibility index (Phi) is 7.13. The summed E-state index contributed by atoms with van der Waals surface area (Å²) in [5.74, 6) is -0.314. The van der Waals surface area contributed by atoms with Gasteiger partial charge in [-0.3, -0.25) is 0 Å². The molecule has 0 amide bonds. The summed E-state index contributed by atoms with van der Waals surface area (Å²) in [5.41, 5.74) is 6.39. The van der Waals surface area contributed by atoms with Crippen molar-refractivity contribution in [2.45, 2.75) is 12.8 Å². The number of halogens is 1. The van der Waals surface area contributed by atoms with Gasteiger partial charge in [-0.05, 0) is 31.0 Å². The van der Waals surface area contributed by atoms with E-state index in [1.54, 1.807) is 19.2 Å². The average Bonchev–Trinajstić information content (AvgIpc) is 2.35. The Balaban J connectivity index is 2.07. The molecule has 4 nitrogen and oxygen atoms in total. The number of methoxy groups -OCH3 is 1. The van der Waals surface area contributed by atoms with Gasteiger partial charge in [-0.2, -0.15) is 0 Å². The lowest BCUT2D eigenvalue weighted by atomic mass is 10.2. The lowest BCUT2D eigenvalue weighted by Crippen LogP contribution is -2.07. The zero-order chi connectivity index (χ0) is 13.2. The highest BCUT2D eigenvalue weighted by Gasteiger charge is 2.00. The van der Waals surface area contributed by atoms with Crippen molar-refractivity contribution in [3.05, 3.63) is 24.0 Å². The quantitative estimate of drug-likeness (QED) is 0.525. The highest BCUT2D eigenvalue weighted by Crippen LogP contribution is 2.16. The summed E-state index contributed by atoms with van der Waals surface area (Å²) in [4.78, 5) is 0. The molecule has 18 heavy (non-hydrogen) atoms. The van der Waals surface area contributed by atoms with Crippen LogP contribution in [0.25, 0.3) is 0 Å². The summed E-state index contributed by atoms with van der Waals surface area (Å²) in [6.45, 7) is 2.66. The lowest BCUT2D eigenvalue weighted by Gasteiger charge is -2.08. The predicted octanol–water partition coefficient (Wildman–Crippen LogP) is 2.26. The van der Waals surface area contributed by atoms with Gasteiger partial charge in [0.15, 0.2) is 0 Å². The van der Waals surface area contributed by atoms with Gasteiger partial charge in [0.05, 0.1) is 18.9 Å². The fraction of sp³-hybridized carbons (Fsp3) is 0.538. The highest BCUT2D eigenvalue weighted by molar-refractivity contribution is 5.52. The Labute approximate surface area is 107 Å². The molecule has 0 bridgehead atoms. The highest BCUT2D eigenvalue weighted by atomic mass is 19.1. The number of nitrogens with two attached hydrogens (primary N) is 1. The van der Waals surface area contributed by atoms with Gasteiger partial charge in [0.2, 0.25) is 0 Å². The topological polar surface area (TPSA) is 56.5 Å². The van der Waals surface area contributed by atoms with Crippen molar-refractivity contribution < 1.29 is 13.9 Å². The molecular formula is C13H21FN2O2. The first-order chi connectivity index (χ1) is 8.74. The fourth-order valence-electron chi connectivity index (χ4n) is 1.47. The van der Waals surface area contributed by atoms with Crippen molar-refractivity contribution >= 4 is 11.4 Å². The summed E-state index contributed by atoms with van der Waals surface area (Å²) in [5, 5.41) is 3.03. The van der Waals surface area contributed by atoms with E-state index in [1.807, 2.05) is 0 Å². The van der Waals surface area contributed by atoms with E-state index in [-0.39, 0.29) is 5.82 Å². The smallest absolute Gasteiger partial charge is 0.148 e. The summed E-state index contributed by atoms with van der Waals surface area (Å²) >= 11 is 0. The van der Waals surface area contributed by atoms with Gasteiger partial charge in [-0.1, -0.05) is 0 Å². The van der Waals surface area contributed by atoms with Gasteiger partial charge < -0.3 is 20.5 Å². The molecule has 1 aromatic carbocycles. The molecule has 0 saturated carbocycles. The largest absolute Gasteiger partial charge is 0.399 e. The van der Waals surface area contributed by atoms with Gasteiger partial charge in [-0.25, -0.2) is 4.39 Å². The van der Waals surface area contributed by atoms with Crippen LogP contribution in [0.3, 0.4) is 0 Å². The van der Waals surface area contributed by atoms with Crippen LogP contribution in [-0.4, -0.2) is 33.5 Å². The van der Waals surface area contributed by atoms with Crippen LogP contribution in [0.4, 0.5) is 15.8 Å². The number of unbranched alkanes of at least 4 members (excludes halogenated alkanes) is 1. The van der Waals surface area contributed by atoms with E-state index in [0.29, 0.717) is 37.7 Å². The van der Waals surface area contributed by atoms with Gasteiger partial charge in [-0.15, -0.1) is 0 Å². The van der Waals surface area contributed by atoms with Crippen molar-refractivity contribution in [1.82, 2.24) is 0 Å². The fourth-order valence-corrected chi connectivity index (χ4v) is 1.47. The first-order valence-corrected chi connectivity index (χ1v) is 6.09. The lowest BCUT2D eigenvalue weighted by molar-refractivity contribution is 0.0691. The maximum absolute atomic E-state index is 13.4. The number of benzene rings is 1. The molecule has 0 aromatic heterocycles. The van der Waals surface area contributed by atoms with Crippen molar-refractivity contribution in [3.8, 4) is 0 Å². The Morgan fingerprint density at radius 3 is 2.78 bits per heavy atom. The Morgan fingerprint density at radius 2 is 2.06 bits per heavy atom. The van der Waals surface area contributed by atoms with E-state index in [1.165, 1.54) is 6.07 Å². The van der Waals surface area contributed by atoms with Crippen LogP contribution >= 0.6 is 0 Å². The zero-order valence-corrected chi connectivity index (χ0v) is 10.7. The first-order valence-electron chi connectivity index (χ1n) is 6.09. The van der Waals surface area contributed by atoms with Gasteiger partial charge in [0, 0.05) is 25.9 Å². The van der Waals surface area contributed by atoms with Crippen LogP contribution in [0.15, 0.2) is 18.2 Å². The summed E-state index contributed by atoms with van der Waals surface area (Å²) < 4.78 is 23.6. The molecule has 0 aliphatic carbocycles. The maximum atomic E-state index is 13.4. The van der Waals surface area contributed by atoms with Gasteiger partial charge in [0.1, 0.15) is 5.82 Å². The maximum Gasteiger partial charge on any atom is 0.148 e. The molecule has 102 valence electrons. The molecule has 0 atom stereocenters. The van der Waals surface area contributed by atoms with E-state index in [2.05, 4.69) is 5.32 Å². The third-order valence-electron chi connectivity index (χ3n) is 2.46. The number of hydrogen-bond acceptors (Lipinski definition) is 4. The SMILES string of the molecule is COCCOCCCCNc1ccc(N)cc1F. The standard InChI is InChI=1S/C13H21FN2O2/c1-17-8-9-18-7-3-2-6-16-13-5-4-11(15)10-12(13)14/h4-5,10,16H,2-3,6-9,15H2,1H3. The van der Waals surface area contributed by atoms with E-state index < -0.39 is 0 Å². The number of rotatable bonds is 9. The predicted molar refractivity (Wildman–Crippen MR) is 71.2 cm³/mol. The molecule has 0 fully saturated rings. The van der Waals surface area contributed by atoms with Crippen molar-refractivity contribution in [2.75, 3.05) is 44.5 Å². The second-order valence-electron chi connectivity index (χ2n) is 3.98. The van der Waals surface area contributed by atoms with Gasteiger partial charge >= 0.3 is 0 Å². The van der Waals surface area contributed by atoms with Gasteiger partial charge in [0.25, 0.3) is 0 Å². The Morgan fingerprint density at radius 1 is 1.22 bits per heavy atom. The first kappa shape index (κ1) is 14.7. The summed E-state index contributed by atoms with van der Waals surface area (Å²) in [6, 6.07) is 4.65. The van der Waals surface area contributed by atoms with E-state index in [4.69, 9.17) is 15.2 Å². The van der Waals surface area contributed by atoms with Crippen LogP contribution < -0.4 is 11.1 Å². The van der Waals surface area contributed by atoms with Crippen LogP contribution in [0.1, 0.15) is 12.8 Å². The van der Waals surface area contributed by atoms with Crippen LogP contribution in [0.2, 0.25) is 0 Å². The molecule has 0 radical (unpaired) electrons. The molecule has 5 heteroatoms. The number of nitrogens with one attached hydrogen (secondary N) is 1. The zero-order valence-electron chi connectivity index (χ0n) is 10.7. The van der Waals surface area contributed by atoms with Crippen molar-refractivity contribution in [3.63, 3.8) is 0 Å². The van der Waals surface area contributed by atoms with Crippen molar-refractivity contribution in [2.24, 2.45) is 0 Å². The second kappa shape index (κ2) is 8.72. The molecule has 0 spiro atoms. The number of hydrogen-bond donors (Lipinski definition) is 2. The molecule has 0 aliphatic rings. The molecule has 0 unspecified atom stereocenters. The third-order valence-corrected chi connectivity index (χ3v) is 2.46. The van der Waals surface area contributed by atoms with E-state index in [0.717, 1.165) is 12.8 Å². The monoisotopic (exact) mass is 256 g/mol. The van der Waals surface area contributed by atoms with E-state index in [9.17, 15) is 4.39 Å². The Bertz CT molecular complexity index is 348. The second-order valence-corrected chi connectivity index (χ2v) is 3.98. The summed E-state index contributed by atoms with van der Waals surface area (Å²) in [7, 11) is 1.65. The molecular weight excluding hydrogens is 235 g/mol. The number of ether oxygens (including phenoxy) is 2. The van der Waals surface area contributed by atoms with Crippen LogP contribution in [0, 0.1) is 5.82 Å². The third kappa shape index (κ3) is 5.84. The molecule has 3 N–H and O–H groups in total. The van der Waals surface area contributed by atoms with Crippen LogP contribution in [-0.2, 0) is 9.47 Å². The molecule has 0 heterocycles. The average molecular weight is 256 g/mol. The normalized spacial score (nSPS) is 10.6. The molecule has 0 saturated heterocycles. The van der Waals surface area contributed by atoms with E-state index >= 15 is 0 Å².